The lowest BCUT2D eigenvalue weighted by atomic mass is 10.0. The first-order chi connectivity index (χ1) is 12.7. The van der Waals surface area contributed by atoms with Crippen LogP contribution in [0.2, 0.25) is 0 Å². The van der Waals surface area contributed by atoms with E-state index in [1.807, 2.05) is 0 Å². The van der Waals surface area contributed by atoms with Crippen LogP contribution in [-0.4, -0.2) is 19.2 Å². The Morgan fingerprint density at radius 1 is 0.769 bits per heavy atom. The molecule has 0 unspecified atom stereocenters. The second-order valence-corrected chi connectivity index (χ2v) is 8.19. The molecule has 0 aromatic rings. The molecule has 0 fully saturated rings. The Morgan fingerprint density at radius 2 is 1.23 bits per heavy atom. The highest BCUT2D eigenvalue weighted by molar-refractivity contribution is 5.69. The number of unbranched alkanes of at least 4 members (excludes halogenated alkanes) is 13. The van der Waals surface area contributed by atoms with E-state index in [1.165, 1.54) is 89.9 Å². The molecule has 0 saturated heterocycles. The summed E-state index contributed by atoms with van der Waals surface area (Å²) in [5.74, 6) is 0.484. The van der Waals surface area contributed by atoms with Gasteiger partial charge in [-0.25, -0.2) is 0 Å². The summed E-state index contributed by atoms with van der Waals surface area (Å²) in [6.07, 6.45) is 20.8. The van der Waals surface area contributed by atoms with Gasteiger partial charge < -0.3 is 4.74 Å². The van der Waals surface area contributed by atoms with Gasteiger partial charge in [-0.15, -0.1) is 0 Å². The molecule has 0 rings (SSSR count). The third-order valence-corrected chi connectivity index (χ3v) is 4.97. The van der Waals surface area contributed by atoms with E-state index in [0.29, 0.717) is 19.1 Å². The van der Waals surface area contributed by atoms with Crippen molar-refractivity contribution in [3.05, 3.63) is 0 Å². The topological polar surface area (TPSA) is 38.3 Å². The Labute approximate surface area is 164 Å². The summed E-state index contributed by atoms with van der Waals surface area (Å²) in [7, 11) is 0. The van der Waals surface area contributed by atoms with Crippen molar-refractivity contribution in [2.45, 2.75) is 124 Å². The molecule has 3 nitrogen and oxygen atoms in total. The van der Waals surface area contributed by atoms with E-state index < -0.39 is 0 Å². The van der Waals surface area contributed by atoms with E-state index in [4.69, 9.17) is 4.74 Å². The lowest BCUT2D eigenvalue weighted by molar-refractivity contribution is -0.144. The molecule has 0 aliphatic carbocycles. The van der Waals surface area contributed by atoms with Crippen molar-refractivity contribution in [2.75, 3.05) is 13.3 Å². The zero-order chi connectivity index (χ0) is 19.3. The van der Waals surface area contributed by atoms with Crippen molar-refractivity contribution in [1.29, 1.82) is 0 Å². The summed E-state index contributed by atoms with van der Waals surface area (Å²) in [5, 5.41) is 3.20. The summed E-state index contributed by atoms with van der Waals surface area (Å²) < 4.78 is 5.16. The Bertz CT molecular complexity index is 292. The highest BCUT2D eigenvalue weighted by Crippen LogP contribution is 2.12. The number of carbonyl (C=O) groups excluding carboxylic acids is 1. The molecule has 0 aromatic heterocycles. The summed E-state index contributed by atoms with van der Waals surface area (Å²) in [4.78, 5) is 11.4. The first-order valence-electron chi connectivity index (χ1n) is 11.5. The average molecular weight is 370 g/mol. The molecule has 0 radical (unpaired) electrons. The van der Waals surface area contributed by atoms with Crippen LogP contribution in [0.5, 0.6) is 0 Å². The van der Waals surface area contributed by atoms with Gasteiger partial charge in [-0.2, -0.15) is 0 Å². The molecule has 0 spiro atoms. The number of hydrogen-bond donors (Lipinski definition) is 1. The van der Waals surface area contributed by atoms with Crippen molar-refractivity contribution < 1.29 is 9.53 Å². The Morgan fingerprint density at radius 3 is 1.69 bits per heavy atom. The number of ether oxygens (including phenoxy) is 1. The first kappa shape index (κ1) is 25.4. The van der Waals surface area contributed by atoms with Crippen LogP contribution in [0.3, 0.4) is 0 Å². The molecule has 0 aliphatic heterocycles. The molecule has 0 atom stereocenters. The van der Waals surface area contributed by atoms with Gasteiger partial charge in [0.1, 0.15) is 6.73 Å². The SMILES string of the molecule is CCCCCCCCCCCCCCCCNCOC(=O)CCC(C)C. The predicted octanol–water partition coefficient (Wildman–Crippen LogP) is 6.99. The normalized spacial score (nSPS) is 11.2. The van der Waals surface area contributed by atoms with Crippen LogP contribution in [-0.2, 0) is 9.53 Å². The minimum atomic E-state index is -0.0767. The van der Waals surface area contributed by atoms with E-state index in [9.17, 15) is 4.79 Å². The minimum absolute atomic E-state index is 0.0767. The van der Waals surface area contributed by atoms with Crippen LogP contribution >= 0.6 is 0 Å². The maximum Gasteiger partial charge on any atom is 0.307 e. The summed E-state index contributed by atoms with van der Waals surface area (Å²) >= 11 is 0. The van der Waals surface area contributed by atoms with Gasteiger partial charge in [-0.1, -0.05) is 104 Å². The molecule has 1 N–H and O–H groups in total. The van der Waals surface area contributed by atoms with Gasteiger partial charge in [-0.3, -0.25) is 10.1 Å². The third kappa shape index (κ3) is 21.5. The fourth-order valence-corrected chi connectivity index (χ4v) is 3.13. The standard InChI is InChI=1S/C23H47NO2/c1-4-5-6-7-8-9-10-11-12-13-14-15-16-17-20-24-21-26-23(25)19-18-22(2)3/h22,24H,4-21H2,1-3H3. The van der Waals surface area contributed by atoms with Gasteiger partial charge in [0.2, 0.25) is 0 Å². The first-order valence-corrected chi connectivity index (χ1v) is 11.5. The second kappa shape index (κ2) is 20.7. The van der Waals surface area contributed by atoms with Gasteiger partial charge in [0.25, 0.3) is 0 Å². The van der Waals surface area contributed by atoms with Gasteiger partial charge in [0.15, 0.2) is 0 Å². The number of hydrogen-bond acceptors (Lipinski definition) is 3. The van der Waals surface area contributed by atoms with Crippen molar-refractivity contribution in [1.82, 2.24) is 5.32 Å². The maximum atomic E-state index is 11.4. The summed E-state index contributed by atoms with van der Waals surface area (Å²) in [6, 6.07) is 0. The molecule has 3 heteroatoms. The molecule has 26 heavy (non-hydrogen) atoms. The molecule has 0 aromatic carbocycles. The molecular formula is C23H47NO2. The summed E-state index contributed by atoms with van der Waals surface area (Å²) in [5.41, 5.74) is 0. The highest BCUT2D eigenvalue weighted by Gasteiger charge is 2.03. The van der Waals surface area contributed by atoms with Crippen LogP contribution in [0.4, 0.5) is 0 Å². The molecule has 0 amide bonds. The zero-order valence-electron chi connectivity index (χ0n) is 18.1. The number of nitrogens with one attached hydrogen (secondary N) is 1. The van der Waals surface area contributed by atoms with E-state index in [2.05, 4.69) is 26.1 Å². The number of carbonyl (C=O) groups is 1. The number of esters is 1. The van der Waals surface area contributed by atoms with Crippen LogP contribution in [0.1, 0.15) is 124 Å². The molecule has 0 heterocycles. The second-order valence-electron chi connectivity index (χ2n) is 8.19. The van der Waals surface area contributed by atoms with Gasteiger partial charge in [0, 0.05) is 6.42 Å². The minimum Gasteiger partial charge on any atom is -0.450 e. The van der Waals surface area contributed by atoms with Crippen molar-refractivity contribution in [3.8, 4) is 0 Å². The van der Waals surface area contributed by atoms with Gasteiger partial charge >= 0.3 is 5.97 Å². The zero-order valence-corrected chi connectivity index (χ0v) is 18.1. The fraction of sp³-hybridized carbons (Fsp3) is 0.957. The van der Waals surface area contributed by atoms with E-state index in [0.717, 1.165) is 13.0 Å². The van der Waals surface area contributed by atoms with Crippen molar-refractivity contribution in [3.63, 3.8) is 0 Å². The van der Waals surface area contributed by atoms with Gasteiger partial charge in [-0.05, 0) is 25.3 Å². The molecule has 0 aliphatic rings. The quantitative estimate of drug-likeness (QED) is 0.143. The number of rotatable bonds is 20. The molecule has 156 valence electrons. The molecule has 0 bridgehead atoms. The van der Waals surface area contributed by atoms with E-state index in [-0.39, 0.29) is 5.97 Å². The fourth-order valence-electron chi connectivity index (χ4n) is 3.13. The predicted molar refractivity (Wildman–Crippen MR) is 113 cm³/mol. The van der Waals surface area contributed by atoms with Gasteiger partial charge in [0.05, 0.1) is 0 Å². The molecular weight excluding hydrogens is 322 g/mol. The van der Waals surface area contributed by atoms with E-state index in [1.54, 1.807) is 0 Å². The van der Waals surface area contributed by atoms with Crippen LogP contribution in [0.25, 0.3) is 0 Å². The Kier molecular flexibility index (Phi) is 20.3. The average Bonchev–Trinajstić information content (AvgIpc) is 2.62. The molecule has 0 saturated carbocycles. The lowest BCUT2D eigenvalue weighted by Gasteiger charge is -2.08. The van der Waals surface area contributed by atoms with Crippen LogP contribution in [0, 0.1) is 5.92 Å². The summed E-state index contributed by atoms with van der Waals surface area (Å²) in [6.45, 7) is 7.86. The maximum absolute atomic E-state index is 11.4. The Hall–Kier alpha value is -0.570. The largest absolute Gasteiger partial charge is 0.450 e. The van der Waals surface area contributed by atoms with Crippen LogP contribution in [0.15, 0.2) is 0 Å². The highest BCUT2D eigenvalue weighted by atomic mass is 16.5. The lowest BCUT2D eigenvalue weighted by Crippen LogP contribution is -2.22. The van der Waals surface area contributed by atoms with E-state index >= 15 is 0 Å². The van der Waals surface area contributed by atoms with Crippen molar-refractivity contribution >= 4 is 5.97 Å². The Balaban J connectivity index is 3.08. The monoisotopic (exact) mass is 369 g/mol. The smallest absolute Gasteiger partial charge is 0.307 e. The van der Waals surface area contributed by atoms with Crippen molar-refractivity contribution in [2.24, 2.45) is 5.92 Å². The van der Waals surface area contributed by atoms with Crippen LogP contribution < -0.4 is 5.32 Å². The third-order valence-electron chi connectivity index (χ3n) is 4.97.